The number of likely N-dealkylation sites (tertiary alicyclic amines) is 1. The molecule has 0 radical (unpaired) electrons. The van der Waals surface area contributed by atoms with Gasteiger partial charge in [-0.25, -0.2) is 0 Å². The fourth-order valence-corrected chi connectivity index (χ4v) is 2.95. The normalized spacial score (nSPS) is 24.6. The van der Waals surface area contributed by atoms with Crippen LogP contribution >= 0.6 is 23.7 Å². The summed E-state index contributed by atoms with van der Waals surface area (Å²) in [5, 5.41) is 1.82. The standard InChI is InChI=1S/C11H17N3OS.ClH/c1-7-3-14(5-10(7)12)4-9-2-8(6-16-9)11(13)15;/h2,6-7,10H,3-5,12H2,1H3,(H2,13,15);1H. The van der Waals surface area contributed by atoms with Crippen molar-refractivity contribution in [2.75, 3.05) is 13.1 Å². The van der Waals surface area contributed by atoms with Crippen molar-refractivity contribution in [3.63, 3.8) is 0 Å². The van der Waals surface area contributed by atoms with Gasteiger partial charge in [0.05, 0.1) is 5.56 Å². The lowest BCUT2D eigenvalue weighted by Gasteiger charge is -2.13. The number of halogens is 1. The first kappa shape index (κ1) is 14.4. The Labute approximate surface area is 111 Å². The number of hydrogen-bond acceptors (Lipinski definition) is 4. The van der Waals surface area contributed by atoms with E-state index in [0.29, 0.717) is 11.5 Å². The van der Waals surface area contributed by atoms with Crippen LogP contribution < -0.4 is 11.5 Å². The van der Waals surface area contributed by atoms with Gasteiger partial charge in [0, 0.05) is 35.9 Å². The predicted molar refractivity (Wildman–Crippen MR) is 72.5 cm³/mol. The molecular formula is C11H18ClN3OS. The Bertz CT molecular complexity index is 386. The van der Waals surface area contributed by atoms with Gasteiger partial charge >= 0.3 is 0 Å². The van der Waals surface area contributed by atoms with E-state index in [-0.39, 0.29) is 24.4 Å². The van der Waals surface area contributed by atoms with Crippen LogP contribution in [-0.2, 0) is 6.54 Å². The highest BCUT2D eigenvalue weighted by Gasteiger charge is 2.26. The van der Waals surface area contributed by atoms with Gasteiger partial charge in [0.1, 0.15) is 0 Å². The van der Waals surface area contributed by atoms with Gasteiger partial charge in [-0.05, 0) is 12.0 Å². The maximum Gasteiger partial charge on any atom is 0.249 e. The topological polar surface area (TPSA) is 72.3 Å². The van der Waals surface area contributed by atoms with Crippen LogP contribution in [0.4, 0.5) is 0 Å². The molecular weight excluding hydrogens is 258 g/mol. The summed E-state index contributed by atoms with van der Waals surface area (Å²) in [6.45, 7) is 5.01. The molecule has 0 spiro atoms. The molecule has 1 amide bonds. The number of primary amides is 1. The van der Waals surface area contributed by atoms with Gasteiger partial charge in [0.2, 0.25) is 5.91 Å². The Hall–Kier alpha value is -0.620. The van der Waals surface area contributed by atoms with E-state index in [1.54, 1.807) is 11.3 Å². The van der Waals surface area contributed by atoms with Crippen LogP contribution in [0.25, 0.3) is 0 Å². The minimum Gasteiger partial charge on any atom is -0.366 e. The first-order valence-electron chi connectivity index (χ1n) is 5.41. The van der Waals surface area contributed by atoms with Gasteiger partial charge in [0.25, 0.3) is 0 Å². The predicted octanol–water partition coefficient (Wildman–Crippen LogP) is 1.05. The Kier molecular flexibility index (Phi) is 4.94. The highest BCUT2D eigenvalue weighted by Crippen LogP contribution is 2.21. The zero-order valence-corrected chi connectivity index (χ0v) is 11.4. The van der Waals surface area contributed by atoms with E-state index in [4.69, 9.17) is 11.5 Å². The lowest BCUT2D eigenvalue weighted by molar-refractivity contribution is 0.100. The van der Waals surface area contributed by atoms with Gasteiger partial charge in [-0.2, -0.15) is 0 Å². The molecule has 1 aliphatic rings. The first-order chi connectivity index (χ1) is 7.56. The number of thiophene rings is 1. The van der Waals surface area contributed by atoms with Crippen molar-refractivity contribution in [3.05, 3.63) is 21.9 Å². The summed E-state index contributed by atoms with van der Waals surface area (Å²) in [5.74, 6) is 0.199. The minimum atomic E-state index is -0.353. The largest absolute Gasteiger partial charge is 0.366 e. The summed E-state index contributed by atoms with van der Waals surface area (Å²) in [4.78, 5) is 14.5. The van der Waals surface area contributed by atoms with Crippen LogP contribution in [-0.4, -0.2) is 29.9 Å². The van der Waals surface area contributed by atoms with Crippen LogP contribution in [0.3, 0.4) is 0 Å². The third-order valence-corrected chi connectivity index (χ3v) is 3.99. The number of amides is 1. The second kappa shape index (κ2) is 5.82. The molecule has 96 valence electrons. The molecule has 4 nitrogen and oxygen atoms in total. The number of carbonyl (C=O) groups is 1. The fraction of sp³-hybridized carbons (Fsp3) is 0.545. The third-order valence-electron chi connectivity index (χ3n) is 3.06. The highest BCUT2D eigenvalue weighted by atomic mass is 35.5. The summed E-state index contributed by atoms with van der Waals surface area (Å²) in [6, 6.07) is 2.15. The Morgan fingerprint density at radius 2 is 2.29 bits per heavy atom. The van der Waals surface area contributed by atoms with Gasteiger partial charge < -0.3 is 11.5 Å². The molecule has 0 aliphatic carbocycles. The molecule has 2 unspecified atom stereocenters. The van der Waals surface area contributed by atoms with Crippen LogP contribution in [0.15, 0.2) is 11.4 Å². The summed E-state index contributed by atoms with van der Waals surface area (Å²) in [5.41, 5.74) is 11.8. The van der Waals surface area contributed by atoms with E-state index >= 15 is 0 Å². The Morgan fingerprint density at radius 1 is 1.59 bits per heavy atom. The number of rotatable bonds is 3. The van der Waals surface area contributed by atoms with Crippen molar-refractivity contribution in [3.8, 4) is 0 Å². The fourth-order valence-electron chi connectivity index (χ4n) is 2.04. The molecule has 0 aromatic carbocycles. The van der Waals surface area contributed by atoms with Crippen molar-refractivity contribution in [2.45, 2.75) is 19.5 Å². The maximum absolute atomic E-state index is 11.0. The minimum absolute atomic E-state index is 0. The van der Waals surface area contributed by atoms with E-state index < -0.39 is 0 Å². The van der Waals surface area contributed by atoms with E-state index in [1.807, 2.05) is 11.4 Å². The van der Waals surface area contributed by atoms with Gasteiger partial charge in [0.15, 0.2) is 0 Å². The van der Waals surface area contributed by atoms with Gasteiger partial charge in [-0.15, -0.1) is 23.7 Å². The first-order valence-corrected chi connectivity index (χ1v) is 6.29. The molecule has 1 aromatic heterocycles. The maximum atomic E-state index is 11.0. The number of nitrogens with two attached hydrogens (primary N) is 2. The molecule has 2 rings (SSSR count). The van der Waals surface area contributed by atoms with Gasteiger partial charge in [-0.3, -0.25) is 9.69 Å². The van der Waals surface area contributed by atoms with Crippen molar-refractivity contribution in [1.29, 1.82) is 0 Å². The van der Waals surface area contributed by atoms with E-state index in [1.165, 1.54) is 4.88 Å². The smallest absolute Gasteiger partial charge is 0.249 e. The number of carbonyl (C=O) groups excluding carboxylic acids is 1. The highest BCUT2D eigenvalue weighted by molar-refractivity contribution is 7.10. The molecule has 4 N–H and O–H groups in total. The summed E-state index contributed by atoms with van der Waals surface area (Å²) in [7, 11) is 0. The Morgan fingerprint density at radius 3 is 2.76 bits per heavy atom. The molecule has 1 aromatic rings. The average molecular weight is 276 g/mol. The zero-order valence-electron chi connectivity index (χ0n) is 9.76. The molecule has 17 heavy (non-hydrogen) atoms. The lowest BCUT2D eigenvalue weighted by Crippen LogP contribution is -2.28. The van der Waals surface area contributed by atoms with E-state index in [9.17, 15) is 4.79 Å². The molecule has 1 fully saturated rings. The number of hydrogen-bond donors (Lipinski definition) is 2. The molecule has 2 atom stereocenters. The lowest BCUT2D eigenvalue weighted by atomic mass is 10.1. The summed E-state index contributed by atoms with van der Waals surface area (Å²) in [6.07, 6.45) is 0. The average Bonchev–Trinajstić information content (AvgIpc) is 2.76. The van der Waals surface area contributed by atoms with Crippen molar-refractivity contribution in [2.24, 2.45) is 17.4 Å². The summed E-state index contributed by atoms with van der Waals surface area (Å²) >= 11 is 1.58. The van der Waals surface area contributed by atoms with Crippen LogP contribution in [0.5, 0.6) is 0 Å². The second-order valence-corrected chi connectivity index (χ2v) is 5.50. The van der Waals surface area contributed by atoms with E-state index in [0.717, 1.165) is 19.6 Å². The summed E-state index contributed by atoms with van der Waals surface area (Å²) < 4.78 is 0. The SMILES string of the molecule is CC1CN(Cc2cc(C(N)=O)cs2)CC1N.Cl. The van der Waals surface area contributed by atoms with Crippen LogP contribution in [0, 0.1) is 5.92 Å². The molecule has 0 bridgehead atoms. The molecule has 0 saturated carbocycles. The van der Waals surface area contributed by atoms with Crippen LogP contribution in [0.1, 0.15) is 22.2 Å². The molecule has 2 heterocycles. The quantitative estimate of drug-likeness (QED) is 0.866. The number of nitrogens with zero attached hydrogens (tertiary/aromatic N) is 1. The van der Waals surface area contributed by atoms with Crippen molar-refractivity contribution >= 4 is 29.7 Å². The molecule has 1 saturated heterocycles. The molecule has 1 aliphatic heterocycles. The van der Waals surface area contributed by atoms with Crippen molar-refractivity contribution < 1.29 is 4.79 Å². The Balaban J connectivity index is 0.00000144. The van der Waals surface area contributed by atoms with Crippen LogP contribution in [0.2, 0.25) is 0 Å². The monoisotopic (exact) mass is 275 g/mol. The second-order valence-electron chi connectivity index (χ2n) is 4.50. The van der Waals surface area contributed by atoms with E-state index in [2.05, 4.69) is 11.8 Å². The third kappa shape index (κ3) is 3.42. The van der Waals surface area contributed by atoms with Crippen molar-refractivity contribution in [1.82, 2.24) is 4.90 Å². The van der Waals surface area contributed by atoms with Gasteiger partial charge in [-0.1, -0.05) is 6.92 Å². The zero-order chi connectivity index (χ0) is 11.7. The molecule has 6 heteroatoms.